The lowest BCUT2D eigenvalue weighted by Gasteiger charge is -2.48. The molecule has 1 aromatic rings. The van der Waals surface area contributed by atoms with Gasteiger partial charge in [0.1, 0.15) is 11.7 Å². The minimum absolute atomic E-state index is 0.0574. The molecule has 2 aliphatic rings. The van der Waals surface area contributed by atoms with Crippen LogP contribution in [-0.2, 0) is 0 Å². The van der Waals surface area contributed by atoms with Crippen molar-refractivity contribution in [3.8, 4) is 0 Å². The van der Waals surface area contributed by atoms with Gasteiger partial charge in [-0.15, -0.1) is 0 Å². The van der Waals surface area contributed by atoms with E-state index in [1.807, 2.05) is 19.1 Å². The maximum absolute atomic E-state index is 10.8. The van der Waals surface area contributed by atoms with E-state index >= 15 is 0 Å². The number of nitrogens with zero attached hydrogens (tertiary/aromatic N) is 2. The Labute approximate surface area is 125 Å². The van der Waals surface area contributed by atoms with Gasteiger partial charge in [0, 0.05) is 24.7 Å². The van der Waals surface area contributed by atoms with Gasteiger partial charge < -0.3 is 15.7 Å². The average molecular weight is 288 g/mol. The summed E-state index contributed by atoms with van der Waals surface area (Å²) < 4.78 is 0. The van der Waals surface area contributed by atoms with Crippen molar-refractivity contribution < 1.29 is 5.11 Å². The molecule has 0 amide bonds. The number of hydrogen-bond acceptors (Lipinski definition) is 4. The maximum atomic E-state index is 10.8. The number of nitrogen functional groups attached to an aromatic ring is 1. The molecular formula is C16H24N4O. The Bertz CT molecular complexity index is 559. The Hall–Kier alpha value is -1.62. The van der Waals surface area contributed by atoms with Crippen LogP contribution >= 0.6 is 0 Å². The fourth-order valence-electron chi connectivity index (χ4n) is 3.76. The Morgan fingerprint density at radius 3 is 3.00 bits per heavy atom. The topological polar surface area (TPSA) is 86.2 Å². The van der Waals surface area contributed by atoms with Crippen LogP contribution in [0.1, 0.15) is 43.4 Å². The first-order chi connectivity index (χ1) is 9.99. The summed E-state index contributed by atoms with van der Waals surface area (Å²) in [6, 6.07) is 3.77. The Morgan fingerprint density at radius 2 is 2.24 bits per heavy atom. The van der Waals surface area contributed by atoms with E-state index in [2.05, 4.69) is 9.88 Å². The predicted octanol–water partition coefficient (Wildman–Crippen LogP) is 1.81. The van der Waals surface area contributed by atoms with Gasteiger partial charge in [-0.05, 0) is 38.3 Å². The fraction of sp³-hybridized carbons (Fsp3) is 0.625. The van der Waals surface area contributed by atoms with Gasteiger partial charge in [-0.3, -0.25) is 5.41 Å². The molecule has 0 bridgehead atoms. The highest BCUT2D eigenvalue weighted by atomic mass is 16.3. The third-order valence-electron chi connectivity index (χ3n) is 5.03. The van der Waals surface area contributed by atoms with E-state index in [9.17, 15) is 5.11 Å². The van der Waals surface area contributed by atoms with E-state index in [0.29, 0.717) is 11.5 Å². The number of hydrogen-bond donors (Lipinski definition) is 3. The number of anilines is 1. The van der Waals surface area contributed by atoms with Crippen LogP contribution in [0.3, 0.4) is 0 Å². The largest absolute Gasteiger partial charge is 0.389 e. The second-order valence-electron chi connectivity index (χ2n) is 6.48. The number of nitrogens with one attached hydrogen (secondary N) is 1. The third-order valence-corrected chi connectivity index (χ3v) is 5.03. The van der Waals surface area contributed by atoms with E-state index in [1.54, 1.807) is 0 Å². The van der Waals surface area contributed by atoms with E-state index in [0.717, 1.165) is 50.3 Å². The molecule has 2 heterocycles. The van der Waals surface area contributed by atoms with Gasteiger partial charge in [0.2, 0.25) is 0 Å². The summed E-state index contributed by atoms with van der Waals surface area (Å²) in [6.07, 6.45) is 5.11. The first-order valence-electron chi connectivity index (χ1n) is 7.79. The molecule has 4 N–H and O–H groups in total. The maximum Gasteiger partial charge on any atom is 0.139 e. The zero-order valence-corrected chi connectivity index (χ0v) is 12.6. The Morgan fingerprint density at radius 1 is 1.43 bits per heavy atom. The summed E-state index contributed by atoms with van der Waals surface area (Å²) in [5, 5.41) is 18.5. The molecule has 2 unspecified atom stereocenters. The number of aromatic nitrogens is 1. The normalized spacial score (nSPS) is 29.0. The highest BCUT2D eigenvalue weighted by molar-refractivity contribution is 5.99. The molecule has 3 rings (SSSR count). The quantitative estimate of drug-likeness (QED) is 0.572. The number of nitrogens with two attached hydrogens (primary N) is 1. The summed E-state index contributed by atoms with van der Waals surface area (Å²) in [5.74, 6) is 1.17. The van der Waals surface area contributed by atoms with E-state index in [1.165, 1.54) is 6.42 Å². The fourth-order valence-corrected chi connectivity index (χ4v) is 3.76. The van der Waals surface area contributed by atoms with Gasteiger partial charge in [-0.2, -0.15) is 0 Å². The molecule has 114 valence electrons. The smallest absolute Gasteiger partial charge is 0.139 e. The van der Waals surface area contributed by atoms with Gasteiger partial charge >= 0.3 is 0 Å². The van der Waals surface area contributed by atoms with Crippen molar-refractivity contribution in [3.05, 3.63) is 23.4 Å². The van der Waals surface area contributed by atoms with Crippen molar-refractivity contribution in [1.29, 1.82) is 5.41 Å². The van der Waals surface area contributed by atoms with Crippen LogP contribution < -0.4 is 10.6 Å². The first-order valence-corrected chi connectivity index (χ1v) is 7.79. The molecule has 0 radical (unpaired) electrons. The zero-order valence-electron chi connectivity index (χ0n) is 12.6. The molecule has 1 saturated carbocycles. The van der Waals surface area contributed by atoms with Crippen molar-refractivity contribution in [2.75, 3.05) is 18.0 Å². The lowest BCUT2D eigenvalue weighted by molar-refractivity contribution is -0.0613. The molecule has 1 aliphatic heterocycles. The van der Waals surface area contributed by atoms with Crippen molar-refractivity contribution in [1.82, 2.24) is 4.98 Å². The molecule has 2 fully saturated rings. The summed E-state index contributed by atoms with van der Waals surface area (Å²) in [4.78, 5) is 6.80. The molecule has 21 heavy (non-hydrogen) atoms. The highest BCUT2D eigenvalue weighted by Crippen LogP contribution is 2.41. The second kappa shape index (κ2) is 5.30. The van der Waals surface area contributed by atoms with Crippen LogP contribution in [0.25, 0.3) is 0 Å². The van der Waals surface area contributed by atoms with E-state index in [-0.39, 0.29) is 5.84 Å². The SMILES string of the molecule is Cc1ccc(C(=N)N)c(N2CCC3(O)CCCCC3C2)n1. The highest BCUT2D eigenvalue weighted by Gasteiger charge is 2.43. The number of fused-ring (bicyclic) bond motifs is 1. The van der Waals surface area contributed by atoms with Crippen LogP contribution in [-0.4, -0.2) is 34.6 Å². The first kappa shape index (κ1) is 14.3. The van der Waals surface area contributed by atoms with Crippen molar-refractivity contribution in [3.63, 3.8) is 0 Å². The summed E-state index contributed by atoms with van der Waals surface area (Å²) in [7, 11) is 0. The number of amidine groups is 1. The zero-order chi connectivity index (χ0) is 15.0. The van der Waals surface area contributed by atoms with Crippen molar-refractivity contribution >= 4 is 11.7 Å². The van der Waals surface area contributed by atoms with Gasteiger partial charge in [0.15, 0.2) is 0 Å². The Kier molecular flexibility index (Phi) is 3.61. The molecule has 1 saturated heterocycles. The number of pyridine rings is 1. The number of aliphatic hydroxyl groups is 1. The van der Waals surface area contributed by atoms with Crippen LogP contribution in [0.4, 0.5) is 5.82 Å². The van der Waals surface area contributed by atoms with Crippen molar-refractivity contribution in [2.24, 2.45) is 11.7 Å². The molecule has 0 aromatic carbocycles. The summed E-state index contributed by atoms with van der Waals surface area (Å²) >= 11 is 0. The second-order valence-corrected chi connectivity index (χ2v) is 6.48. The molecular weight excluding hydrogens is 264 g/mol. The molecule has 5 nitrogen and oxygen atoms in total. The molecule has 1 aromatic heterocycles. The summed E-state index contributed by atoms with van der Waals surface area (Å²) in [6.45, 7) is 3.55. The Balaban J connectivity index is 1.88. The minimum Gasteiger partial charge on any atom is -0.389 e. The number of aryl methyl sites for hydroxylation is 1. The standard InChI is InChI=1S/C16H24N4O/c1-11-5-6-13(14(17)18)15(19-11)20-9-8-16(21)7-3-2-4-12(16)10-20/h5-6,12,21H,2-4,7-10H2,1H3,(H3,17,18). The van der Waals surface area contributed by atoms with Crippen LogP contribution in [0.15, 0.2) is 12.1 Å². The minimum atomic E-state index is -0.491. The third kappa shape index (κ3) is 2.62. The van der Waals surface area contributed by atoms with Crippen LogP contribution in [0, 0.1) is 18.3 Å². The number of rotatable bonds is 2. The molecule has 0 spiro atoms. The van der Waals surface area contributed by atoms with Gasteiger partial charge in [-0.1, -0.05) is 12.8 Å². The lowest BCUT2D eigenvalue weighted by Crippen LogP contribution is -2.53. The van der Waals surface area contributed by atoms with Gasteiger partial charge in [0.05, 0.1) is 11.2 Å². The van der Waals surface area contributed by atoms with E-state index in [4.69, 9.17) is 11.1 Å². The summed E-state index contributed by atoms with van der Waals surface area (Å²) in [5.41, 5.74) is 6.83. The monoisotopic (exact) mass is 288 g/mol. The molecule has 2 atom stereocenters. The van der Waals surface area contributed by atoms with E-state index < -0.39 is 5.60 Å². The van der Waals surface area contributed by atoms with Gasteiger partial charge in [0.25, 0.3) is 0 Å². The average Bonchev–Trinajstić information content (AvgIpc) is 2.45. The molecule has 5 heteroatoms. The number of piperidine rings is 1. The predicted molar refractivity (Wildman–Crippen MR) is 83.7 cm³/mol. The van der Waals surface area contributed by atoms with Crippen LogP contribution in [0.2, 0.25) is 0 Å². The van der Waals surface area contributed by atoms with Crippen molar-refractivity contribution in [2.45, 2.75) is 44.6 Å². The van der Waals surface area contributed by atoms with Crippen LogP contribution in [0.5, 0.6) is 0 Å². The van der Waals surface area contributed by atoms with Gasteiger partial charge in [-0.25, -0.2) is 4.98 Å². The molecule has 1 aliphatic carbocycles. The lowest BCUT2D eigenvalue weighted by atomic mass is 9.71.